The van der Waals surface area contributed by atoms with Crippen LogP contribution in [0.3, 0.4) is 0 Å². The molecule has 1 aromatic carbocycles. The Morgan fingerprint density at radius 3 is 3.00 bits per heavy atom. The number of H-pyrrole nitrogens is 1. The molecular weight excluding hydrogens is 378 g/mol. The topological polar surface area (TPSA) is 125 Å². The average molecular weight is 408 g/mol. The van der Waals surface area contributed by atoms with Crippen LogP contribution < -0.4 is 21.9 Å². The summed E-state index contributed by atoms with van der Waals surface area (Å²) in [6.45, 7) is 5.49. The molecule has 158 valence electrons. The largest absolute Gasteiger partial charge is 0.384 e. The lowest BCUT2D eigenvalue weighted by molar-refractivity contribution is 0.707. The predicted molar refractivity (Wildman–Crippen MR) is 119 cm³/mol. The summed E-state index contributed by atoms with van der Waals surface area (Å²) in [4.78, 5) is 21.4. The second kappa shape index (κ2) is 8.22. The van der Waals surface area contributed by atoms with Gasteiger partial charge >= 0.3 is 0 Å². The van der Waals surface area contributed by atoms with Crippen molar-refractivity contribution >= 4 is 11.6 Å². The van der Waals surface area contributed by atoms with Gasteiger partial charge in [-0.25, -0.2) is 4.98 Å². The molecule has 0 amide bonds. The number of aromatic amines is 1. The number of hydrogen-bond acceptors (Lipinski definition) is 4. The van der Waals surface area contributed by atoms with Gasteiger partial charge in [-0.3, -0.25) is 14.8 Å². The molecule has 8 nitrogen and oxygen atoms in total. The Morgan fingerprint density at radius 1 is 1.43 bits per heavy atom. The van der Waals surface area contributed by atoms with E-state index in [0.717, 1.165) is 36.5 Å². The van der Waals surface area contributed by atoms with Crippen LogP contribution in [0.5, 0.6) is 0 Å². The summed E-state index contributed by atoms with van der Waals surface area (Å²) in [6.07, 6.45) is 4.26. The van der Waals surface area contributed by atoms with Crippen molar-refractivity contribution in [1.29, 1.82) is 5.41 Å². The minimum Gasteiger partial charge on any atom is -0.384 e. The molecule has 3 aliphatic heterocycles. The summed E-state index contributed by atoms with van der Waals surface area (Å²) in [6, 6.07) is 8.28. The van der Waals surface area contributed by atoms with E-state index < -0.39 is 0 Å². The number of nitrogens with zero attached hydrogens (tertiary/aromatic N) is 2. The van der Waals surface area contributed by atoms with Crippen molar-refractivity contribution in [1.82, 2.24) is 19.9 Å². The van der Waals surface area contributed by atoms with Gasteiger partial charge in [-0.1, -0.05) is 32.0 Å². The lowest BCUT2D eigenvalue weighted by Crippen LogP contribution is -2.31. The average Bonchev–Trinajstić information content (AvgIpc) is 3.32. The zero-order valence-corrected chi connectivity index (χ0v) is 17.5. The number of para-hydroxylation sites is 1. The summed E-state index contributed by atoms with van der Waals surface area (Å²) in [7, 11) is 0. The molecule has 0 fully saturated rings. The van der Waals surface area contributed by atoms with Crippen molar-refractivity contribution in [2.45, 2.75) is 44.9 Å². The molecule has 0 radical (unpaired) electrons. The Labute approximate surface area is 175 Å². The maximum absolute atomic E-state index is 13.1. The molecule has 0 aliphatic carbocycles. The lowest BCUT2D eigenvalue weighted by atomic mass is 9.98. The van der Waals surface area contributed by atoms with E-state index in [1.54, 1.807) is 4.57 Å². The van der Waals surface area contributed by atoms with Crippen molar-refractivity contribution < 1.29 is 0 Å². The number of nitrogens with two attached hydrogens (primary N) is 1. The van der Waals surface area contributed by atoms with Gasteiger partial charge in [-0.05, 0) is 30.9 Å². The Kier molecular flexibility index (Phi) is 5.48. The van der Waals surface area contributed by atoms with Crippen molar-refractivity contribution in [3.8, 4) is 5.82 Å². The van der Waals surface area contributed by atoms with E-state index in [0.29, 0.717) is 24.5 Å². The van der Waals surface area contributed by atoms with E-state index in [9.17, 15) is 4.79 Å². The van der Waals surface area contributed by atoms with Crippen LogP contribution in [0.2, 0.25) is 0 Å². The second-order valence-corrected chi connectivity index (χ2v) is 7.96. The van der Waals surface area contributed by atoms with Crippen molar-refractivity contribution in [3.05, 3.63) is 63.5 Å². The number of imidazole rings is 1. The Hall–Kier alpha value is -3.29. The van der Waals surface area contributed by atoms with Gasteiger partial charge in [0.1, 0.15) is 5.69 Å². The maximum Gasteiger partial charge on any atom is 0.278 e. The van der Waals surface area contributed by atoms with Gasteiger partial charge in [-0.15, -0.1) is 0 Å². The monoisotopic (exact) mass is 407 g/mol. The van der Waals surface area contributed by atoms with Gasteiger partial charge in [0.05, 0.1) is 5.69 Å². The van der Waals surface area contributed by atoms with Gasteiger partial charge in [0.15, 0.2) is 11.8 Å². The molecule has 3 heterocycles. The molecule has 0 aromatic heterocycles. The Balaban J connectivity index is 1.76. The molecule has 8 heteroatoms. The summed E-state index contributed by atoms with van der Waals surface area (Å²) < 4.78 is 1.71. The third-order valence-electron chi connectivity index (χ3n) is 5.93. The number of benzene rings is 1. The minimum absolute atomic E-state index is 0.0306. The van der Waals surface area contributed by atoms with E-state index in [1.165, 1.54) is 5.56 Å². The number of rotatable bonds is 7. The normalized spacial score (nSPS) is 16.3. The quantitative estimate of drug-likeness (QED) is 0.234. The van der Waals surface area contributed by atoms with Gasteiger partial charge in [0, 0.05) is 42.5 Å². The molecular formula is C22H29N7O. The molecule has 0 bridgehead atoms. The summed E-state index contributed by atoms with van der Waals surface area (Å²) in [5, 5.41) is 13.6. The van der Waals surface area contributed by atoms with E-state index in [1.807, 2.05) is 25.3 Å². The molecule has 1 aromatic rings. The number of nitrogens with one attached hydrogen (secondary N) is 4. The minimum atomic E-state index is -0.0340. The number of guanidine groups is 1. The van der Waals surface area contributed by atoms with Crippen LogP contribution in [0.4, 0.5) is 5.69 Å². The first-order valence-electron chi connectivity index (χ1n) is 10.5. The molecule has 30 heavy (non-hydrogen) atoms. The molecule has 0 saturated carbocycles. The third kappa shape index (κ3) is 3.65. The number of hydrogen-bond donors (Lipinski definition) is 5. The van der Waals surface area contributed by atoms with Gasteiger partial charge in [0.2, 0.25) is 0 Å². The van der Waals surface area contributed by atoms with Gasteiger partial charge in [0.25, 0.3) is 5.56 Å². The summed E-state index contributed by atoms with van der Waals surface area (Å²) in [5.41, 5.74) is 10.3. The summed E-state index contributed by atoms with van der Waals surface area (Å²) >= 11 is 0. The van der Waals surface area contributed by atoms with Crippen molar-refractivity contribution in [2.24, 2.45) is 5.73 Å². The fraction of sp³-hybridized carbons (Fsp3) is 0.409. The molecule has 3 aliphatic rings. The predicted octanol–water partition coefficient (Wildman–Crippen LogP) is 2.48. The van der Waals surface area contributed by atoms with Crippen LogP contribution in [-0.4, -0.2) is 33.6 Å². The molecule has 2 atom stereocenters. The molecule has 2 unspecified atom stereocenters. The van der Waals surface area contributed by atoms with Crippen molar-refractivity contribution in [2.75, 3.05) is 18.4 Å². The molecule has 0 spiro atoms. The van der Waals surface area contributed by atoms with E-state index in [2.05, 4.69) is 34.7 Å². The fourth-order valence-corrected chi connectivity index (χ4v) is 4.08. The number of fused-ring (bicyclic) bond motifs is 2. The van der Waals surface area contributed by atoms with E-state index in [4.69, 9.17) is 16.1 Å². The van der Waals surface area contributed by atoms with E-state index >= 15 is 0 Å². The zero-order chi connectivity index (χ0) is 21.3. The zero-order valence-electron chi connectivity index (χ0n) is 17.5. The highest BCUT2D eigenvalue weighted by atomic mass is 16.1. The van der Waals surface area contributed by atoms with Crippen molar-refractivity contribution in [3.63, 3.8) is 0 Å². The Morgan fingerprint density at radius 2 is 2.23 bits per heavy atom. The standard InChI is InChI=1S/C22H29N7O/c1-3-13(2)19-21(30)29-12-18(15-11-26-16-8-5-4-7-14(15)16)27-17(20(29)28-19)9-6-10-25-22(23)24/h4-5,7-8,12-13,15,26-27H,3,6,9-11H2,1-2H3,(H4,23,24,25). The number of anilines is 1. The summed E-state index contributed by atoms with van der Waals surface area (Å²) in [5.74, 6) is 0.921. The first-order chi connectivity index (χ1) is 14.5. The van der Waals surface area contributed by atoms with Crippen LogP contribution in [0, 0.1) is 5.41 Å². The van der Waals surface area contributed by atoms with Gasteiger partial charge < -0.3 is 21.4 Å². The maximum atomic E-state index is 13.1. The highest BCUT2D eigenvalue weighted by Gasteiger charge is 2.28. The number of aromatic nitrogens is 3. The SMILES string of the molecule is CCC(C)c1nc2c(CCCNC(=N)N)[nH]c(C3CNc4ccccc43)cn-2c1=O. The van der Waals surface area contributed by atoms with Gasteiger partial charge in [-0.2, -0.15) is 0 Å². The highest BCUT2D eigenvalue weighted by molar-refractivity contribution is 5.74. The number of aryl methyl sites for hydroxylation is 1. The van der Waals surface area contributed by atoms with Crippen LogP contribution >= 0.6 is 0 Å². The molecule has 0 saturated heterocycles. The van der Waals surface area contributed by atoms with E-state index in [-0.39, 0.29) is 23.4 Å². The first-order valence-corrected chi connectivity index (χ1v) is 10.5. The van der Waals surface area contributed by atoms with Crippen LogP contribution in [0.25, 0.3) is 5.82 Å². The second-order valence-electron chi connectivity index (χ2n) is 7.96. The molecule has 4 rings (SSSR count). The van der Waals surface area contributed by atoms with Crippen LogP contribution in [0.15, 0.2) is 35.3 Å². The lowest BCUT2D eigenvalue weighted by Gasteiger charge is -2.17. The Bertz CT molecular complexity index is 1080. The fourth-order valence-electron chi connectivity index (χ4n) is 4.08. The van der Waals surface area contributed by atoms with Crippen LogP contribution in [-0.2, 0) is 6.42 Å². The smallest absolute Gasteiger partial charge is 0.278 e. The van der Waals surface area contributed by atoms with Crippen LogP contribution in [0.1, 0.15) is 61.2 Å². The third-order valence-corrected chi connectivity index (χ3v) is 5.93. The highest BCUT2D eigenvalue weighted by Crippen LogP contribution is 2.35. The first kappa shape index (κ1) is 20.0. The molecule has 6 N–H and O–H groups in total.